The average Bonchev–Trinajstić information content (AvgIpc) is 3.62. The average molecular weight is 906 g/mol. The van der Waals surface area contributed by atoms with E-state index in [0.29, 0.717) is 40.5 Å². The number of methoxy groups -OCH3 is 1. The summed E-state index contributed by atoms with van der Waals surface area (Å²) in [6.45, 7) is 1.60. The smallest absolute Gasteiger partial charge is 0.255 e. The summed E-state index contributed by atoms with van der Waals surface area (Å²) in [5.41, 5.74) is 3.02. The number of rotatable bonds is 13. The molecular formula is C47H52Cl3FN6O5. The fourth-order valence-electron chi connectivity index (χ4n) is 9.46. The van der Waals surface area contributed by atoms with Crippen LogP contribution in [0.4, 0.5) is 4.39 Å². The summed E-state index contributed by atoms with van der Waals surface area (Å²) in [5.74, 6) is -1.31. The zero-order valence-corrected chi connectivity index (χ0v) is 36.8. The van der Waals surface area contributed by atoms with Gasteiger partial charge in [-0.1, -0.05) is 65.1 Å². The second-order valence-corrected chi connectivity index (χ2v) is 17.9. The third-order valence-electron chi connectivity index (χ3n) is 12.4. The molecule has 328 valence electrons. The number of carbonyl (C=O) groups is 4. The molecule has 0 aliphatic carbocycles. The molecule has 8 rings (SSSR count). The SMILES string of the molecule is COc1ccc(Cl)cc1C(=O)NCC(=O)NC1C[C@H]2CC[C@@H](C1)N2Cc1ccc(Cl)cc1.O=C(CNC(=O)c1cccc(F)c1)NC1C[C@H]2CC[C@@H](C1)N2Cc1ccc(Cl)cc1. The van der Waals surface area contributed by atoms with E-state index >= 15 is 0 Å². The van der Waals surface area contributed by atoms with Crippen molar-refractivity contribution in [3.8, 4) is 5.75 Å². The molecule has 62 heavy (non-hydrogen) atoms. The lowest BCUT2D eigenvalue weighted by molar-refractivity contribution is -0.122. The molecule has 6 atom stereocenters. The Kier molecular flexibility index (Phi) is 15.4. The highest BCUT2D eigenvalue weighted by Crippen LogP contribution is 2.38. The van der Waals surface area contributed by atoms with Crippen molar-refractivity contribution in [2.24, 2.45) is 0 Å². The van der Waals surface area contributed by atoms with Crippen LogP contribution in [-0.2, 0) is 22.7 Å². The second kappa shape index (κ2) is 21.1. The van der Waals surface area contributed by atoms with Gasteiger partial charge in [0.2, 0.25) is 11.8 Å². The Balaban J connectivity index is 0.000000187. The van der Waals surface area contributed by atoms with Crippen molar-refractivity contribution in [1.82, 2.24) is 31.1 Å². The molecule has 4 fully saturated rings. The molecule has 4 aliphatic heterocycles. The van der Waals surface area contributed by atoms with Gasteiger partial charge in [-0.05, 0) is 123 Å². The lowest BCUT2D eigenvalue weighted by atomic mass is 9.96. The number of hydrogen-bond acceptors (Lipinski definition) is 7. The maximum atomic E-state index is 13.2. The molecule has 4 bridgehead atoms. The number of nitrogens with one attached hydrogen (secondary N) is 4. The van der Waals surface area contributed by atoms with E-state index in [-0.39, 0.29) is 42.6 Å². The molecule has 0 aromatic heterocycles. The zero-order chi connectivity index (χ0) is 43.8. The van der Waals surface area contributed by atoms with E-state index in [4.69, 9.17) is 39.5 Å². The summed E-state index contributed by atoms with van der Waals surface area (Å²) >= 11 is 18.0. The van der Waals surface area contributed by atoms with Crippen LogP contribution in [-0.4, -0.2) is 89.9 Å². The maximum Gasteiger partial charge on any atom is 0.255 e. The van der Waals surface area contributed by atoms with E-state index in [0.717, 1.165) is 80.6 Å². The Labute approximate surface area is 377 Å². The van der Waals surface area contributed by atoms with Gasteiger partial charge in [-0.15, -0.1) is 0 Å². The van der Waals surface area contributed by atoms with Gasteiger partial charge in [0.05, 0.1) is 25.8 Å². The minimum Gasteiger partial charge on any atom is -0.496 e. The number of amides is 4. The lowest BCUT2D eigenvalue weighted by Gasteiger charge is -2.39. The van der Waals surface area contributed by atoms with Crippen molar-refractivity contribution < 1.29 is 28.3 Å². The van der Waals surface area contributed by atoms with Crippen LogP contribution >= 0.6 is 34.8 Å². The predicted molar refractivity (Wildman–Crippen MR) is 239 cm³/mol. The number of hydrogen-bond donors (Lipinski definition) is 4. The molecular weight excluding hydrogens is 854 g/mol. The number of fused-ring (bicyclic) bond motifs is 4. The third-order valence-corrected chi connectivity index (χ3v) is 13.1. The topological polar surface area (TPSA) is 132 Å². The Morgan fingerprint density at radius 3 is 1.52 bits per heavy atom. The van der Waals surface area contributed by atoms with E-state index in [1.807, 2.05) is 24.3 Å². The van der Waals surface area contributed by atoms with Gasteiger partial charge in [-0.25, -0.2) is 4.39 Å². The Bertz CT molecular complexity index is 2190. The molecule has 4 heterocycles. The molecule has 15 heteroatoms. The van der Waals surface area contributed by atoms with E-state index in [2.05, 4.69) is 55.3 Å². The van der Waals surface area contributed by atoms with Crippen LogP contribution in [0.3, 0.4) is 0 Å². The van der Waals surface area contributed by atoms with Crippen LogP contribution in [0.15, 0.2) is 91.0 Å². The van der Waals surface area contributed by atoms with Crippen LogP contribution in [0, 0.1) is 5.82 Å². The summed E-state index contributed by atoms with van der Waals surface area (Å²) in [4.78, 5) is 54.5. The van der Waals surface area contributed by atoms with Gasteiger partial charge in [0.15, 0.2) is 0 Å². The standard InChI is InChI=1S/C24H27Cl2N3O3.C23H25ClFN3O2/c1-32-22-9-6-17(26)10-21(22)24(31)27-13-23(30)28-18-11-19-7-8-20(12-18)29(19)14-15-2-4-16(25)5-3-15;24-17-6-4-15(5-7-17)14-28-20-8-9-21(28)12-19(11-20)27-22(29)13-26-23(30)16-2-1-3-18(25)10-16/h2-6,9-10,18-20H,7-8,11-14H2,1H3,(H,27,31)(H,28,30);1-7,10,19-21H,8-9,11-14H2,(H,26,30)(H,27,29)/t18?,19-,20+;19?,20-,21+. The van der Waals surface area contributed by atoms with E-state index in [1.165, 1.54) is 42.5 Å². The maximum absolute atomic E-state index is 13.2. The Hall–Kier alpha value is -4.72. The monoisotopic (exact) mass is 904 g/mol. The summed E-state index contributed by atoms with van der Waals surface area (Å²) in [6, 6.07) is 28.3. The van der Waals surface area contributed by atoms with Crippen molar-refractivity contribution >= 4 is 58.4 Å². The molecule has 0 saturated carbocycles. The van der Waals surface area contributed by atoms with Crippen molar-refractivity contribution in [3.63, 3.8) is 0 Å². The second-order valence-electron chi connectivity index (χ2n) is 16.6. The van der Waals surface area contributed by atoms with Gasteiger partial charge in [-0.2, -0.15) is 0 Å². The zero-order valence-electron chi connectivity index (χ0n) is 34.6. The summed E-state index contributed by atoms with van der Waals surface area (Å²) in [5, 5.41) is 13.3. The number of piperidine rings is 2. The number of ether oxygens (including phenoxy) is 1. The van der Waals surface area contributed by atoms with Gasteiger partial charge >= 0.3 is 0 Å². The quantitative estimate of drug-likeness (QED) is 0.109. The third kappa shape index (κ3) is 12.0. The minimum atomic E-state index is -0.479. The lowest BCUT2D eigenvalue weighted by Crippen LogP contribution is -2.51. The minimum absolute atomic E-state index is 0.0885. The van der Waals surface area contributed by atoms with Crippen LogP contribution in [0.25, 0.3) is 0 Å². The predicted octanol–water partition coefficient (Wildman–Crippen LogP) is 7.56. The Morgan fingerprint density at radius 1 is 0.613 bits per heavy atom. The van der Waals surface area contributed by atoms with E-state index < -0.39 is 17.6 Å². The highest BCUT2D eigenvalue weighted by atomic mass is 35.5. The van der Waals surface area contributed by atoms with Crippen molar-refractivity contribution in [2.75, 3.05) is 20.2 Å². The highest BCUT2D eigenvalue weighted by molar-refractivity contribution is 6.31. The molecule has 4 aliphatic rings. The molecule has 11 nitrogen and oxygen atoms in total. The first-order valence-corrected chi connectivity index (χ1v) is 22.3. The summed E-state index contributed by atoms with van der Waals surface area (Å²) in [7, 11) is 1.49. The number of nitrogens with zero attached hydrogens (tertiary/aromatic N) is 2. The number of benzene rings is 4. The molecule has 4 aromatic carbocycles. The molecule has 4 saturated heterocycles. The first-order valence-electron chi connectivity index (χ1n) is 21.1. The molecule has 4 amide bonds. The number of carbonyl (C=O) groups excluding carboxylic acids is 4. The van der Waals surface area contributed by atoms with Crippen molar-refractivity contribution in [1.29, 1.82) is 0 Å². The number of halogens is 4. The fourth-order valence-corrected chi connectivity index (χ4v) is 9.89. The molecule has 4 N–H and O–H groups in total. The van der Waals surface area contributed by atoms with Gasteiger partial charge in [0, 0.05) is 70.0 Å². The van der Waals surface area contributed by atoms with Crippen LogP contribution in [0.2, 0.25) is 15.1 Å². The van der Waals surface area contributed by atoms with Gasteiger partial charge in [0.1, 0.15) is 11.6 Å². The molecule has 0 spiro atoms. The summed E-state index contributed by atoms with van der Waals surface area (Å²) < 4.78 is 18.4. The first-order chi connectivity index (χ1) is 29.9. The van der Waals surface area contributed by atoms with Crippen LogP contribution in [0.5, 0.6) is 5.75 Å². The first kappa shape index (κ1) is 45.3. The summed E-state index contributed by atoms with van der Waals surface area (Å²) in [6.07, 6.45) is 8.24. The van der Waals surface area contributed by atoms with Crippen LogP contribution < -0.4 is 26.0 Å². The largest absolute Gasteiger partial charge is 0.496 e. The van der Waals surface area contributed by atoms with E-state index in [9.17, 15) is 23.6 Å². The van der Waals surface area contributed by atoms with Gasteiger partial charge in [-0.3, -0.25) is 29.0 Å². The van der Waals surface area contributed by atoms with Crippen molar-refractivity contribution in [2.45, 2.75) is 101 Å². The molecule has 4 aromatic rings. The van der Waals surface area contributed by atoms with E-state index in [1.54, 1.807) is 12.1 Å². The van der Waals surface area contributed by atoms with Gasteiger partial charge < -0.3 is 26.0 Å². The highest BCUT2D eigenvalue weighted by Gasteiger charge is 2.42. The molecule has 0 radical (unpaired) electrons. The Morgan fingerprint density at radius 2 is 1.06 bits per heavy atom. The normalized spacial score (nSPS) is 22.8. The van der Waals surface area contributed by atoms with Crippen LogP contribution in [0.1, 0.15) is 83.2 Å². The van der Waals surface area contributed by atoms with Crippen molar-refractivity contribution in [3.05, 3.63) is 134 Å². The van der Waals surface area contributed by atoms with Gasteiger partial charge in [0.25, 0.3) is 11.8 Å². The molecule has 2 unspecified atom stereocenters. The fraction of sp³-hybridized carbons (Fsp3) is 0.404.